The van der Waals surface area contributed by atoms with Crippen molar-refractivity contribution < 1.29 is 4.84 Å². The molecule has 0 radical (unpaired) electrons. The van der Waals surface area contributed by atoms with Crippen LogP contribution in [0.1, 0.15) is 5.56 Å². The van der Waals surface area contributed by atoms with Gasteiger partial charge in [-0.3, -0.25) is 0 Å². The van der Waals surface area contributed by atoms with E-state index in [4.69, 9.17) is 28.0 Å². The van der Waals surface area contributed by atoms with E-state index in [1.54, 1.807) is 36.5 Å². The van der Waals surface area contributed by atoms with Gasteiger partial charge in [0.1, 0.15) is 12.1 Å². The molecular formula is C12H8Cl2N4O. The van der Waals surface area contributed by atoms with E-state index in [-0.39, 0.29) is 6.61 Å². The summed E-state index contributed by atoms with van der Waals surface area (Å²) in [5.41, 5.74) is 1.91. The smallest absolute Gasteiger partial charge is 0.219 e. The minimum Gasteiger partial charge on any atom is -0.389 e. The maximum atomic E-state index is 6.06. The van der Waals surface area contributed by atoms with Crippen LogP contribution in [0, 0.1) is 0 Å². The molecule has 7 heteroatoms. The van der Waals surface area contributed by atoms with Gasteiger partial charge in [-0.2, -0.15) is 0 Å². The van der Waals surface area contributed by atoms with Crippen molar-refractivity contribution >= 4 is 34.4 Å². The molecule has 0 fully saturated rings. The molecule has 0 N–H and O–H groups in total. The molecule has 0 aliphatic heterocycles. The van der Waals surface area contributed by atoms with Crippen molar-refractivity contribution in [2.75, 3.05) is 0 Å². The van der Waals surface area contributed by atoms with Crippen molar-refractivity contribution in [3.05, 3.63) is 52.1 Å². The Morgan fingerprint density at radius 1 is 1.11 bits per heavy atom. The fraction of sp³-hybridized carbons (Fsp3) is 0.0833. The van der Waals surface area contributed by atoms with E-state index in [1.165, 1.54) is 4.85 Å². The summed E-state index contributed by atoms with van der Waals surface area (Å²) >= 11 is 12.1. The Morgan fingerprint density at radius 3 is 2.68 bits per heavy atom. The summed E-state index contributed by atoms with van der Waals surface area (Å²) in [6, 6.07) is 8.87. The Morgan fingerprint density at radius 2 is 1.89 bits per heavy atom. The number of hydrogen-bond donors (Lipinski definition) is 0. The van der Waals surface area contributed by atoms with Gasteiger partial charge in [0.25, 0.3) is 0 Å². The first kappa shape index (κ1) is 12.2. The predicted molar refractivity (Wildman–Crippen MR) is 72.1 cm³/mol. The summed E-state index contributed by atoms with van der Waals surface area (Å²) in [6.45, 7) is 0.188. The van der Waals surface area contributed by atoms with Gasteiger partial charge in [-0.25, -0.2) is 4.98 Å². The van der Waals surface area contributed by atoms with Gasteiger partial charge >= 0.3 is 0 Å². The highest BCUT2D eigenvalue weighted by molar-refractivity contribution is 6.35. The maximum absolute atomic E-state index is 6.06. The topological polar surface area (TPSA) is 52.8 Å². The van der Waals surface area contributed by atoms with Crippen LogP contribution < -0.4 is 4.84 Å². The highest BCUT2D eigenvalue weighted by Crippen LogP contribution is 2.24. The lowest BCUT2D eigenvalue weighted by Gasteiger charge is -2.08. The summed E-state index contributed by atoms with van der Waals surface area (Å²) in [5.74, 6) is 0. The first-order valence-electron chi connectivity index (χ1n) is 5.48. The zero-order valence-electron chi connectivity index (χ0n) is 9.62. The van der Waals surface area contributed by atoms with E-state index in [1.807, 2.05) is 0 Å². The summed E-state index contributed by atoms with van der Waals surface area (Å²) < 4.78 is 0. The van der Waals surface area contributed by atoms with Gasteiger partial charge in [0.15, 0.2) is 0 Å². The van der Waals surface area contributed by atoms with Gasteiger partial charge in [-0.05, 0) is 29.5 Å². The fourth-order valence-electron chi connectivity index (χ4n) is 1.63. The molecule has 5 nitrogen and oxygen atoms in total. The summed E-state index contributed by atoms with van der Waals surface area (Å²) in [6.07, 6.45) is 1.65. The molecule has 0 bridgehead atoms. The second-order valence-electron chi connectivity index (χ2n) is 3.78. The van der Waals surface area contributed by atoms with Crippen molar-refractivity contribution in [1.29, 1.82) is 0 Å². The predicted octanol–water partition coefficient (Wildman–Crippen LogP) is 2.76. The van der Waals surface area contributed by atoms with Gasteiger partial charge in [-0.15, -0.1) is 5.10 Å². The number of halogens is 2. The Labute approximate surface area is 118 Å². The van der Waals surface area contributed by atoms with Gasteiger partial charge in [0.2, 0.25) is 5.65 Å². The first-order chi connectivity index (χ1) is 9.25. The minimum absolute atomic E-state index is 0.188. The standard InChI is InChI=1S/C12H8Cl2N4O/c13-9-3-1-4-10(14)8(9)7-19-18-12-11(16-17-18)5-2-6-15-12/h1-6H,7H2. The third-order valence-corrected chi connectivity index (χ3v) is 3.28. The van der Waals surface area contributed by atoms with Crippen LogP contribution >= 0.6 is 23.2 Å². The first-order valence-corrected chi connectivity index (χ1v) is 6.24. The third kappa shape index (κ3) is 2.34. The Hall–Kier alpha value is -1.85. The highest BCUT2D eigenvalue weighted by Gasteiger charge is 2.09. The molecule has 0 saturated heterocycles. The molecule has 2 aromatic heterocycles. The van der Waals surface area contributed by atoms with E-state index >= 15 is 0 Å². The van der Waals surface area contributed by atoms with Crippen molar-refractivity contribution in [3.8, 4) is 0 Å². The molecule has 0 aliphatic rings. The van der Waals surface area contributed by atoms with Gasteiger partial charge < -0.3 is 4.84 Å². The Bertz CT molecular complexity index is 708. The molecule has 0 saturated carbocycles. The molecule has 1 aromatic carbocycles. The lowest BCUT2D eigenvalue weighted by molar-refractivity contribution is 0.0740. The second kappa shape index (κ2) is 5.03. The summed E-state index contributed by atoms with van der Waals surface area (Å²) in [7, 11) is 0. The highest BCUT2D eigenvalue weighted by atomic mass is 35.5. The minimum atomic E-state index is 0.188. The SMILES string of the molecule is Clc1cccc(Cl)c1COn1nnc2cccnc21. The molecule has 0 aliphatic carbocycles. The normalized spacial score (nSPS) is 10.8. The summed E-state index contributed by atoms with van der Waals surface area (Å²) in [5, 5.41) is 8.89. The van der Waals surface area contributed by atoms with Crippen molar-refractivity contribution in [3.63, 3.8) is 0 Å². The van der Waals surface area contributed by atoms with Crippen LogP contribution in [0.15, 0.2) is 36.5 Å². The van der Waals surface area contributed by atoms with Crippen LogP contribution in [0.4, 0.5) is 0 Å². The Kier molecular flexibility index (Phi) is 3.23. The summed E-state index contributed by atoms with van der Waals surface area (Å²) in [4.78, 5) is 10.9. The number of nitrogens with zero attached hydrogens (tertiary/aromatic N) is 4. The van der Waals surface area contributed by atoms with Crippen LogP contribution in [-0.2, 0) is 6.61 Å². The lowest BCUT2D eigenvalue weighted by Crippen LogP contribution is -2.14. The van der Waals surface area contributed by atoms with E-state index < -0.39 is 0 Å². The molecule has 0 atom stereocenters. The van der Waals surface area contributed by atoms with E-state index in [9.17, 15) is 0 Å². The van der Waals surface area contributed by atoms with E-state index in [2.05, 4.69) is 15.3 Å². The number of rotatable bonds is 3. The van der Waals surface area contributed by atoms with E-state index in [0.717, 1.165) is 0 Å². The second-order valence-corrected chi connectivity index (χ2v) is 4.60. The molecule has 3 rings (SSSR count). The maximum Gasteiger partial charge on any atom is 0.219 e. The van der Waals surface area contributed by atoms with Gasteiger partial charge in [-0.1, -0.05) is 34.1 Å². The van der Waals surface area contributed by atoms with Gasteiger partial charge in [0.05, 0.1) is 0 Å². The van der Waals surface area contributed by atoms with Crippen molar-refractivity contribution in [1.82, 2.24) is 20.1 Å². The zero-order chi connectivity index (χ0) is 13.2. The third-order valence-electron chi connectivity index (χ3n) is 2.57. The molecule has 2 heterocycles. The molecule has 0 unspecified atom stereocenters. The van der Waals surface area contributed by atoms with Crippen LogP contribution in [-0.4, -0.2) is 20.1 Å². The Balaban J connectivity index is 1.87. The number of benzene rings is 1. The number of pyridine rings is 1. The molecule has 19 heavy (non-hydrogen) atoms. The van der Waals surface area contributed by atoms with Crippen LogP contribution in [0.2, 0.25) is 10.0 Å². The van der Waals surface area contributed by atoms with Crippen LogP contribution in [0.5, 0.6) is 0 Å². The quantitative estimate of drug-likeness (QED) is 0.745. The molecule has 3 aromatic rings. The number of aromatic nitrogens is 4. The van der Waals surface area contributed by atoms with Crippen LogP contribution in [0.25, 0.3) is 11.2 Å². The largest absolute Gasteiger partial charge is 0.389 e. The van der Waals surface area contributed by atoms with Crippen molar-refractivity contribution in [2.24, 2.45) is 0 Å². The lowest BCUT2D eigenvalue weighted by atomic mass is 10.2. The number of fused-ring (bicyclic) bond motifs is 1. The van der Waals surface area contributed by atoms with Crippen molar-refractivity contribution in [2.45, 2.75) is 6.61 Å². The molecular weight excluding hydrogens is 287 g/mol. The molecule has 96 valence electrons. The average Bonchev–Trinajstić information content (AvgIpc) is 2.82. The van der Waals surface area contributed by atoms with E-state index in [0.29, 0.717) is 26.8 Å². The van der Waals surface area contributed by atoms with Gasteiger partial charge in [0, 0.05) is 21.8 Å². The molecule has 0 amide bonds. The monoisotopic (exact) mass is 294 g/mol. The zero-order valence-corrected chi connectivity index (χ0v) is 11.1. The van der Waals surface area contributed by atoms with Crippen LogP contribution in [0.3, 0.4) is 0 Å². The number of hydrogen-bond acceptors (Lipinski definition) is 4. The molecule has 0 spiro atoms. The average molecular weight is 295 g/mol. The fourth-order valence-corrected chi connectivity index (χ4v) is 2.13.